The number of hydrogen-bond donors (Lipinski definition) is 0. The van der Waals surface area contributed by atoms with Crippen molar-refractivity contribution in [3.05, 3.63) is 52.0 Å². The Labute approximate surface area is 105 Å². The largest absolute Gasteiger partial charge is 0.457 e. The van der Waals surface area contributed by atoms with Gasteiger partial charge in [0.05, 0.1) is 4.47 Å². The van der Waals surface area contributed by atoms with Crippen LogP contribution in [-0.4, -0.2) is 4.98 Å². The SMILES string of the molecule is Fc1cc(Oc2ccnc(Cl)c2)ccc1Br. The van der Waals surface area contributed by atoms with Gasteiger partial charge in [0.2, 0.25) is 0 Å². The highest BCUT2D eigenvalue weighted by Crippen LogP contribution is 2.26. The quantitative estimate of drug-likeness (QED) is 0.766. The Morgan fingerprint density at radius 3 is 2.62 bits per heavy atom. The standard InChI is InChI=1S/C11H6BrClFNO/c12-9-2-1-7(5-10(9)14)16-8-3-4-15-11(13)6-8/h1-6H. The van der Waals surface area contributed by atoms with E-state index in [2.05, 4.69) is 20.9 Å². The molecule has 5 heteroatoms. The Balaban J connectivity index is 2.24. The van der Waals surface area contributed by atoms with Crippen LogP contribution >= 0.6 is 27.5 Å². The summed E-state index contributed by atoms with van der Waals surface area (Å²) in [5, 5.41) is 0.329. The minimum absolute atomic E-state index is 0.329. The average Bonchev–Trinajstić information content (AvgIpc) is 2.24. The molecule has 1 aromatic heterocycles. The molecule has 0 aliphatic rings. The van der Waals surface area contributed by atoms with Crippen LogP contribution in [0.2, 0.25) is 5.15 Å². The summed E-state index contributed by atoms with van der Waals surface area (Å²) in [4.78, 5) is 3.82. The van der Waals surface area contributed by atoms with Crippen molar-refractivity contribution in [1.82, 2.24) is 4.98 Å². The number of pyridine rings is 1. The molecule has 0 aliphatic carbocycles. The van der Waals surface area contributed by atoms with Gasteiger partial charge in [-0.2, -0.15) is 0 Å². The van der Waals surface area contributed by atoms with E-state index >= 15 is 0 Å². The van der Waals surface area contributed by atoms with Crippen LogP contribution in [0, 0.1) is 5.82 Å². The number of aromatic nitrogens is 1. The van der Waals surface area contributed by atoms with E-state index in [0.29, 0.717) is 21.1 Å². The van der Waals surface area contributed by atoms with Gasteiger partial charge in [-0.15, -0.1) is 0 Å². The molecule has 16 heavy (non-hydrogen) atoms. The van der Waals surface area contributed by atoms with Crippen molar-refractivity contribution < 1.29 is 9.13 Å². The third-order valence-corrected chi connectivity index (χ3v) is 2.67. The number of rotatable bonds is 2. The van der Waals surface area contributed by atoms with Crippen LogP contribution in [0.5, 0.6) is 11.5 Å². The molecule has 0 N–H and O–H groups in total. The van der Waals surface area contributed by atoms with Crippen LogP contribution in [-0.2, 0) is 0 Å². The second-order valence-corrected chi connectivity index (χ2v) is 4.23. The summed E-state index contributed by atoms with van der Waals surface area (Å²) in [6.45, 7) is 0. The third kappa shape index (κ3) is 2.71. The van der Waals surface area contributed by atoms with E-state index in [4.69, 9.17) is 16.3 Å². The molecule has 2 rings (SSSR count). The first-order valence-corrected chi connectivity index (χ1v) is 5.57. The zero-order valence-electron chi connectivity index (χ0n) is 7.95. The van der Waals surface area contributed by atoms with Crippen molar-refractivity contribution in [2.24, 2.45) is 0 Å². The molecule has 0 amide bonds. The fourth-order valence-corrected chi connectivity index (χ4v) is 1.54. The highest BCUT2D eigenvalue weighted by Gasteiger charge is 2.03. The van der Waals surface area contributed by atoms with Crippen LogP contribution < -0.4 is 4.74 Å². The lowest BCUT2D eigenvalue weighted by Gasteiger charge is -2.05. The highest BCUT2D eigenvalue weighted by molar-refractivity contribution is 9.10. The number of hydrogen-bond acceptors (Lipinski definition) is 2. The van der Waals surface area contributed by atoms with Crippen LogP contribution in [0.4, 0.5) is 4.39 Å². The lowest BCUT2D eigenvalue weighted by Crippen LogP contribution is -1.86. The molecule has 0 saturated carbocycles. The summed E-state index contributed by atoms with van der Waals surface area (Å²) in [5.41, 5.74) is 0. The number of benzene rings is 1. The Hall–Kier alpha value is -1.13. The van der Waals surface area contributed by atoms with Gasteiger partial charge in [-0.05, 0) is 34.1 Å². The lowest BCUT2D eigenvalue weighted by molar-refractivity contribution is 0.475. The van der Waals surface area contributed by atoms with Crippen molar-refractivity contribution in [2.45, 2.75) is 0 Å². The lowest BCUT2D eigenvalue weighted by atomic mass is 10.3. The fraction of sp³-hybridized carbons (Fsp3) is 0. The minimum atomic E-state index is -0.377. The molecule has 0 unspecified atom stereocenters. The molecule has 2 nitrogen and oxygen atoms in total. The van der Waals surface area contributed by atoms with E-state index in [-0.39, 0.29) is 5.82 Å². The summed E-state index contributed by atoms with van der Waals surface area (Å²) in [5.74, 6) is 0.544. The van der Waals surface area contributed by atoms with E-state index in [1.54, 1.807) is 24.3 Å². The predicted molar refractivity (Wildman–Crippen MR) is 63.4 cm³/mol. The van der Waals surface area contributed by atoms with Gasteiger partial charge < -0.3 is 4.74 Å². The molecule has 0 aliphatic heterocycles. The Bertz CT molecular complexity index is 521. The molecule has 0 bridgehead atoms. The number of ether oxygens (including phenoxy) is 1. The molecule has 0 saturated heterocycles. The fourth-order valence-electron chi connectivity index (χ4n) is 1.12. The van der Waals surface area contributed by atoms with Gasteiger partial charge in [0.25, 0.3) is 0 Å². The van der Waals surface area contributed by atoms with Crippen LogP contribution in [0.25, 0.3) is 0 Å². The molecule has 2 aromatic rings. The summed E-state index contributed by atoms with van der Waals surface area (Å²) < 4.78 is 19.0. The second kappa shape index (κ2) is 4.80. The predicted octanol–water partition coefficient (Wildman–Crippen LogP) is 4.43. The van der Waals surface area contributed by atoms with E-state index in [0.717, 1.165) is 0 Å². The molecule has 0 radical (unpaired) electrons. The Morgan fingerprint density at radius 2 is 1.94 bits per heavy atom. The van der Waals surface area contributed by atoms with Gasteiger partial charge in [-0.3, -0.25) is 0 Å². The van der Waals surface area contributed by atoms with Crippen LogP contribution in [0.15, 0.2) is 41.0 Å². The first kappa shape index (κ1) is 11.4. The summed E-state index contributed by atoms with van der Waals surface area (Å²) in [6.07, 6.45) is 1.52. The topological polar surface area (TPSA) is 22.1 Å². The van der Waals surface area contributed by atoms with Crippen molar-refractivity contribution in [3.8, 4) is 11.5 Å². The molecule has 1 heterocycles. The Morgan fingerprint density at radius 1 is 1.19 bits per heavy atom. The molecule has 0 fully saturated rings. The molecule has 0 spiro atoms. The zero-order valence-corrected chi connectivity index (χ0v) is 10.3. The zero-order chi connectivity index (χ0) is 11.5. The second-order valence-electron chi connectivity index (χ2n) is 2.99. The van der Waals surface area contributed by atoms with Gasteiger partial charge in [-0.25, -0.2) is 9.37 Å². The molecule has 1 aromatic carbocycles. The van der Waals surface area contributed by atoms with Crippen molar-refractivity contribution >= 4 is 27.5 Å². The van der Waals surface area contributed by atoms with Crippen LogP contribution in [0.3, 0.4) is 0 Å². The molecule has 82 valence electrons. The number of nitrogens with zero attached hydrogens (tertiary/aromatic N) is 1. The summed E-state index contributed by atoms with van der Waals surface area (Å²) in [6, 6.07) is 7.72. The van der Waals surface area contributed by atoms with Crippen LogP contribution in [0.1, 0.15) is 0 Å². The average molecular weight is 303 g/mol. The smallest absolute Gasteiger partial charge is 0.141 e. The van der Waals surface area contributed by atoms with Gasteiger partial charge in [0.15, 0.2) is 0 Å². The molecular weight excluding hydrogens is 296 g/mol. The maximum atomic E-state index is 13.2. The maximum absolute atomic E-state index is 13.2. The summed E-state index contributed by atoms with van der Waals surface area (Å²) in [7, 11) is 0. The normalized spacial score (nSPS) is 10.2. The van der Waals surface area contributed by atoms with E-state index in [1.165, 1.54) is 12.3 Å². The minimum Gasteiger partial charge on any atom is -0.457 e. The maximum Gasteiger partial charge on any atom is 0.141 e. The van der Waals surface area contributed by atoms with Crippen molar-refractivity contribution in [2.75, 3.05) is 0 Å². The highest BCUT2D eigenvalue weighted by atomic mass is 79.9. The van der Waals surface area contributed by atoms with Gasteiger partial charge in [0, 0.05) is 18.3 Å². The number of halogens is 3. The first-order valence-electron chi connectivity index (χ1n) is 4.39. The molecular formula is C11H6BrClFNO. The third-order valence-electron chi connectivity index (χ3n) is 1.82. The molecule has 0 atom stereocenters. The van der Waals surface area contributed by atoms with Gasteiger partial charge in [0.1, 0.15) is 22.5 Å². The van der Waals surface area contributed by atoms with E-state index in [1.807, 2.05) is 0 Å². The monoisotopic (exact) mass is 301 g/mol. The van der Waals surface area contributed by atoms with E-state index in [9.17, 15) is 4.39 Å². The first-order chi connectivity index (χ1) is 7.65. The Kier molecular flexibility index (Phi) is 3.41. The van der Waals surface area contributed by atoms with Gasteiger partial charge in [-0.1, -0.05) is 11.6 Å². The van der Waals surface area contributed by atoms with Gasteiger partial charge >= 0.3 is 0 Å². The van der Waals surface area contributed by atoms with Crippen molar-refractivity contribution in [3.63, 3.8) is 0 Å². The summed E-state index contributed by atoms with van der Waals surface area (Å²) >= 11 is 8.76. The van der Waals surface area contributed by atoms with E-state index < -0.39 is 0 Å². The van der Waals surface area contributed by atoms with Crippen molar-refractivity contribution in [1.29, 1.82) is 0 Å².